The molecule has 0 bridgehead atoms. The molecule has 3 rings (SSSR count). The molecule has 0 aromatic heterocycles. The molecule has 142 valence electrons. The number of urea groups is 1. The average molecular weight is 367 g/mol. The van der Waals surface area contributed by atoms with Gasteiger partial charge in [0.1, 0.15) is 11.8 Å². The van der Waals surface area contributed by atoms with Gasteiger partial charge < -0.3 is 10.1 Å². The number of imide groups is 1. The third-order valence-electron chi connectivity index (χ3n) is 4.95. The van der Waals surface area contributed by atoms with Crippen LogP contribution in [0.15, 0.2) is 54.6 Å². The highest BCUT2D eigenvalue weighted by atomic mass is 16.5. The standard InChI is InChI=1S/C21H25N3O3/c1-22-21(26)23-20(25)19(16-7-4-3-5-8-16)24-14-6-9-18(24)15-10-12-17(27-2)13-11-15/h3-5,7-8,10-13,18-19H,6,9,14H2,1-2H3,(H2,22,23,25,26). The molecule has 0 spiro atoms. The van der Waals surface area contributed by atoms with Crippen LogP contribution in [0.1, 0.15) is 36.1 Å². The lowest BCUT2D eigenvalue weighted by molar-refractivity contribution is -0.126. The molecule has 1 aliphatic rings. The van der Waals surface area contributed by atoms with E-state index in [0.29, 0.717) is 0 Å². The van der Waals surface area contributed by atoms with Crippen molar-refractivity contribution in [3.05, 3.63) is 65.7 Å². The van der Waals surface area contributed by atoms with Gasteiger partial charge in [0.2, 0.25) is 5.91 Å². The summed E-state index contributed by atoms with van der Waals surface area (Å²) < 4.78 is 5.25. The summed E-state index contributed by atoms with van der Waals surface area (Å²) in [6.07, 6.45) is 1.95. The van der Waals surface area contributed by atoms with E-state index >= 15 is 0 Å². The van der Waals surface area contributed by atoms with Crippen LogP contribution >= 0.6 is 0 Å². The van der Waals surface area contributed by atoms with E-state index in [-0.39, 0.29) is 11.9 Å². The highest BCUT2D eigenvalue weighted by Crippen LogP contribution is 2.39. The normalized spacial score (nSPS) is 17.9. The van der Waals surface area contributed by atoms with Crippen LogP contribution in [-0.4, -0.2) is 37.5 Å². The number of hydrogen-bond donors (Lipinski definition) is 2. The number of ether oxygens (including phenoxy) is 1. The lowest BCUT2D eigenvalue weighted by Crippen LogP contribution is -2.45. The first-order valence-corrected chi connectivity index (χ1v) is 9.11. The maximum Gasteiger partial charge on any atom is 0.321 e. The number of nitrogens with one attached hydrogen (secondary N) is 2. The van der Waals surface area contributed by atoms with E-state index in [4.69, 9.17) is 4.74 Å². The minimum absolute atomic E-state index is 0.108. The number of methoxy groups -OCH3 is 1. The maximum atomic E-state index is 12.9. The molecule has 2 unspecified atom stereocenters. The predicted molar refractivity (Wildman–Crippen MR) is 103 cm³/mol. The Morgan fingerprint density at radius 2 is 1.81 bits per heavy atom. The topological polar surface area (TPSA) is 70.7 Å². The number of likely N-dealkylation sites (tertiary alicyclic amines) is 1. The number of nitrogens with zero attached hydrogens (tertiary/aromatic N) is 1. The minimum atomic E-state index is -0.530. The number of hydrogen-bond acceptors (Lipinski definition) is 4. The molecule has 1 heterocycles. The average Bonchev–Trinajstić information content (AvgIpc) is 3.18. The van der Waals surface area contributed by atoms with E-state index < -0.39 is 12.1 Å². The fraction of sp³-hybridized carbons (Fsp3) is 0.333. The molecule has 1 aliphatic heterocycles. The van der Waals surface area contributed by atoms with Crippen LogP contribution in [0.5, 0.6) is 5.75 Å². The van der Waals surface area contributed by atoms with Crippen molar-refractivity contribution in [2.75, 3.05) is 20.7 Å². The van der Waals surface area contributed by atoms with Gasteiger partial charge in [-0.15, -0.1) is 0 Å². The second-order valence-electron chi connectivity index (χ2n) is 6.55. The molecule has 2 aromatic rings. The summed E-state index contributed by atoms with van der Waals surface area (Å²) in [6, 6.07) is 16.6. The summed E-state index contributed by atoms with van der Waals surface area (Å²) >= 11 is 0. The van der Waals surface area contributed by atoms with E-state index in [2.05, 4.69) is 15.5 Å². The molecular formula is C21H25N3O3. The molecule has 6 nitrogen and oxygen atoms in total. The van der Waals surface area contributed by atoms with Gasteiger partial charge in [-0.05, 0) is 42.6 Å². The van der Waals surface area contributed by atoms with Gasteiger partial charge in [-0.25, -0.2) is 4.79 Å². The van der Waals surface area contributed by atoms with Crippen molar-refractivity contribution in [2.45, 2.75) is 24.9 Å². The van der Waals surface area contributed by atoms with Gasteiger partial charge >= 0.3 is 6.03 Å². The minimum Gasteiger partial charge on any atom is -0.497 e. The fourth-order valence-corrected chi connectivity index (χ4v) is 3.65. The zero-order valence-electron chi connectivity index (χ0n) is 15.6. The molecule has 1 saturated heterocycles. The van der Waals surface area contributed by atoms with Crippen molar-refractivity contribution in [2.24, 2.45) is 0 Å². The molecule has 6 heteroatoms. The Labute approximate surface area is 159 Å². The lowest BCUT2D eigenvalue weighted by atomic mass is 9.99. The van der Waals surface area contributed by atoms with Gasteiger partial charge in [-0.1, -0.05) is 42.5 Å². The molecule has 0 saturated carbocycles. The monoisotopic (exact) mass is 367 g/mol. The van der Waals surface area contributed by atoms with Crippen LogP contribution in [-0.2, 0) is 4.79 Å². The largest absolute Gasteiger partial charge is 0.497 e. The zero-order chi connectivity index (χ0) is 19.2. The Bertz CT molecular complexity index is 777. The molecule has 1 fully saturated rings. The first kappa shape index (κ1) is 18.9. The van der Waals surface area contributed by atoms with Crippen LogP contribution in [0.25, 0.3) is 0 Å². The third kappa shape index (κ3) is 4.28. The first-order chi connectivity index (χ1) is 13.1. The van der Waals surface area contributed by atoms with Crippen molar-refractivity contribution in [1.82, 2.24) is 15.5 Å². The first-order valence-electron chi connectivity index (χ1n) is 9.11. The summed E-state index contributed by atoms with van der Waals surface area (Å²) in [6.45, 7) is 0.789. The SMILES string of the molecule is CNC(=O)NC(=O)C(c1ccccc1)N1CCCC1c1ccc(OC)cc1. The summed E-state index contributed by atoms with van der Waals surface area (Å²) in [5.41, 5.74) is 2.02. The highest BCUT2D eigenvalue weighted by molar-refractivity contribution is 5.97. The van der Waals surface area contributed by atoms with E-state index in [0.717, 1.165) is 36.3 Å². The second-order valence-corrected chi connectivity index (χ2v) is 6.55. The van der Waals surface area contributed by atoms with E-state index in [9.17, 15) is 9.59 Å². The number of carbonyl (C=O) groups excluding carboxylic acids is 2. The molecule has 2 N–H and O–H groups in total. The summed E-state index contributed by atoms with van der Waals surface area (Å²) in [5, 5.41) is 4.89. The lowest BCUT2D eigenvalue weighted by Gasteiger charge is -2.32. The molecule has 27 heavy (non-hydrogen) atoms. The van der Waals surface area contributed by atoms with Gasteiger partial charge in [-0.2, -0.15) is 0 Å². The van der Waals surface area contributed by atoms with Gasteiger partial charge in [-0.3, -0.25) is 15.0 Å². The fourth-order valence-electron chi connectivity index (χ4n) is 3.65. The smallest absolute Gasteiger partial charge is 0.321 e. The van der Waals surface area contributed by atoms with Crippen molar-refractivity contribution >= 4 is 11.9 Å². The number of rotatable bonds is 5. The van der Waals surface area contributed by atoms with Crippen LogP contribution in [0.3, 0.4) is 0 Å². The highest BCUT2D eigenvalue weighted by Gasteiger charge is 2.37. The zero-order valence-corrected chi connectivity index (χ0v) is 15.6. The molecule has 2 atom stereocenters. The van der Waals surface area contributed by atoms with Crippen molar-refractivity contribution in [1.29, 1.82) is 0 Å². The van der Waals surface area contributed by atoms with Crippen molar-refractivity contribution in [3.8, 4) is 5.75 Å². The van der Waals surface area contributed by atoms with Crippen LogP contribution in [0.4, 0.5) is 4.79 Å². The molecular weight excluding hydrogens is 342 g/mol. The van der Waals surface area contributed by atoms with E-state index in [1.807, 2.05) is 54.6 Å². The summed E-state index contributed by atoms with van der Waals surface area (Å²) in [7, 11) is 3.14. The quantitative estimate of drug-likeness (QED) is 0.852. The number of benzene rings is 2. The Morgan fingerprint density at radius 3 is 2.44 bits per heavy atom. The Hall–Kier alpha value is -2.86. The molecule has 0 radical (unpaired) electrons. The van der Waals surface area contributed by atoms with Crippen molar-refractivity contribution < 1.29 is 14.3 Å². The van der Waals surface area contributed by atoms with Gasteiger partial charge in [0.15, 0.2) is 0 Å². The van der Waals surface area contributed by atoms with Crippen molar-refractivity contribution in [3.63, 3.8) is 0 Å². The van der Waals surface area contributed by atoms with Crippen LogP contribution in [0, 0.1) is 0 Å². The Morgan fingerprint density at radius 1 is 1.11 bits per heavy atom. The van der Waals surface area contributed by atoms with Crippen LogP contribution in [0.2, 0.25) is 0 Å². The summed E-state index contributed by atoms with van der Waals surface area (Å²) in [4.78, 5) is 26.8. The second kappa shape index (κ2) is 8.68. The predicted octanol–water partition coefficient (Wildman–Crippen LogP) is 3.03. The van der Waals surface area contributed by atoms with Gasteiger partial charge in [0.05, 0.1) is 7.11 Å². The Kier molecular flexibility index (Phi) is 6.08. The number of carbonyl (C=O) groups is 2. The third-order valence-corrected chi connectivity index (χ3v) is 4.95. The Balaban J connectivity index is 1.92. The number of amides is 3. The summed E-state index contributed by atoms with van der Waals surface area (Å²) in [5.74, 6) is 0.487. The van der Waals surface area contributed by atoms with Crippen LogP contribution < -0.4 is 15.4 Å². The van der Waals surface area contributed by atoms with Gasteiger partial charge in [0, 0.05) is 13.1 Å². The van der Waals surface area contributed by atoms with E-state index in [1.54, 1.807) is 7.11 Å². The maximum absolute atomic E-state index is 12.9. The molecule has 0 aliphatic carbocycles. The molecule has 3 amide bonds. The molecule has 2 aromatic carbocycles. The van der Waals surface area contributed by atoms with E-state index in [1.165, 1.54) is 7.05 Å². The van der Waals surface area contributed by atoms with Gasteiger partial charge in [0.25, 0.3) is 0 Å².